The molecule has 0 unspecified atom stereocenters. The van der Waals surface area contributed by atoms with Crippen molar-refractivity contribution in [2.75, 3.05) is 7.11 Å². The van der Waals surface area contributed by atoms with Crippen molar-refractivity contribution in [3.63, 3.8) is 0 Å². The quantitative estimate of drug-likeness (QED) is 0.757. The molecular weight excluding hydrogens is 340 g/mol. The molecule has 0 bridgehead atoms. The normalized spacial score (nSPS) is 11.6. The van der Waals surface area contributed by atoms with Gasteiger partial charge in [-0.2, -0.15) is 0 Å². The van der Waals surface area contributed by atoms with E-state index in [2.05, 4.69) is 0 Å². The van der Waals surface area contributed by atoms with E-state index in [-0.39, 0.29) is 11.3 Å². The number of primary amides is 1. The Hall–Kier alpha value is -2.80. The molecule has 0 saturated carbocycles. The molecule has 0 fully saturated rings. The van der Waals surface area contributed by atoms with Crippen LogP contribution in [-0.4, -0.2) is 25.4 Å². The molecule has 0 aliphatic rings. The van der Waals surface area contributed by atoms with Crippen LogP contribution >= 0.6 is 0 Å². The molecule has 1 heterocycles. The van der Waals surface area contributed by atoms with Crippen LogP contribution < -0.4 is 10.5 Å². The minimum absolute atomic E-state index is 0.0555. The number of carbonyl (C=O) groups excluding carboxylic acids is 1. The molecule has 0 aliphatic carbocycles. The number of amides is 1. The van der Waals surface area contributed by atoms with Gasteiger partial charge in [0.15, 0.2) is 0 Å². The summed E-state index contributed by atoms with van der Waals surface area (Å²) in [5.74, 6) is 0.0401. The number of carbonyl (C=O) groups is 1. The molecule has 0 aliphatic heterocycles. The van der Waals surface area contributed by atoms with Crippen LogP contribution in [0.25, 0.3) is 10.9 Å². The number of nitrogens with zero attached hydrogens (tertiary/aromatic N) is 1. The third kappa shape index (κ3) is 3.10. The Morgan fingerprint density at radius 2 is 1.84 bits per heavy atom. The van der Waals surface area contributed by atoms with Gasteiger partial charge in [0.1, 0.15) is 5.75 Å². The van der Waals surface area contributed by atoms with Crippen molar-refractivity contribution in [3.05, 3.63) is 59.8 Å². The summed E-state index contributed by atoms with van der Waals surface area (Å²) < 4.78 is 32.4. The first-order valence-electron chi connectivity index (χ1n) is 7.61. The Balaban J connectivity index is 2.25. The maximum absolute atomic E-state index is 13.0. The summed E-state index contributed by atoms with van der Waals surface area (Å²) in [5.41, 5.74) is 7.28. The van der Waals surface area contributed by atoms with E-state index in [1.807, 2.05) is 6.92 Å². The Morgan fingerprint density at radius 1 is 1.16 bits per heavy atom. The average Bonchev–Trinajstić information content (AvgIpc) is 2.93. The first kappa shape index (κ1) is 17.0. The number of fused-ring (bicyclic) bond motifs is 1. The van der Waals surface area contributed by atoms with E-state index in [1.165, 1.54) is 17.3 Å². The number of benzene rings is 2. The van der Waals surface area contributed by atoms with Crippen molar-refractivity contribution in [2.45, 2.75) is 18.2 Å². The van der Waals surface area contributed by atoms with Crippen LogP contribution in [0, 0.1) is 6.92 Å². The van der Waals surface area contributed by atoms with E-state index in [1.54, 1.807) is 42.5 Å². The summed E-state index contributed by atoms with van der Waals surface area (Å²) in [5, 5.41) is 0.619. The second-order valence-corrected chi connectivity index (χ2v) is 7.61. The lowest BCUT2D eigenvalue weighted by Crippen LogP contribution is -2.14. The van der Waals surface area contributed by atoms with Crippen molar-refractivity contribution in [1.29, 1.82) is 0 Å². The first-order chi connectivity index (χ1) is 11.8. The monoisotopic (exact) mass is 358 g/mol. The lowest BCUT2D eigenvalue weighted by molar-refractivity contribution is -0.117. The summed E-state index contributed by atoms with van der Waals surface area (Å²) >= 11 is 0. The van der Waals surface area contributed by atoms with Gasteiger partial charge in [0, 0.05) is 11.6 Å². The largest absolute Gasteiger partial charge is 0.497 e. The predicted molar refractivity (Wildman–Crippen MR) is 95.2 cm³/mol. The van der Waals surface area contributed by atoms with E-state index in [9.17, 15) is 13.2 Å². The fraction of sp³-hybridized carbons (Fsp3) is 0.167. The summed E-state index contributed by atoms with van der Waals surface area (Å²) in [7, 11) is -2.27. The van der Waals surface area contributed by atoms with Crippen molar-refractivity contribution >= 4 is 26.8 Å². The molecule has 0 radical (unpaired) electrons. The van der Waals surface area contributed by atoms with Crippen molar-refractivity contribution < 1.29 is 17.9 Å². The number of methoxy groups -OCH3 is 1. The second kappa shape index (κ2) is 6.25. The summed E-state index contributed by atoms with van der Waals surface area (Å²) in [6.45, 7) is 1.89. The molecule has 3 rings (SSSR count). The van der Waals surface area contributed by atoms with Crippen LogP contribution in [0.15, 0.2) is 53.6 Å². The number of hydrogen-bond donors (Lipinski definition) is 1. The molecule has 2 N–H and O–H groups in total. The van der Waals surface area contributed by atoms with E-state index in [0.29, 0.717) is 22.2 Å². The second-order valence-electron chi connectivity index (χ2n) is 5.79. The average molecular weight is 358 g/mol. The lowest BCUT2D eigenvalue weighted by Gasteiger charge is -2.08. The van der Waals surface area contributed by atoms with Crippen LogP contribution in [0.5, 0.6) is 5.75 Å². The van der Waals surface area contributed by atoms with E-state index in [4.69, 9.17) is 10.5 Å². The van der Waals surface area contributed by atoms with Gasteiger partial charge in [-0.05, 0) is 42.8 Å². The number of nitrogens with two attached hydrogens (primary N) is 1. The highest BCUT2D eigenvalue weighted by molar-refractivity contribution is 7.90. The van der Waals surface area contributed by atoms with Gasteiger partial charge < -0.3 is 10.5 Å². The third-order valence-corrected chi connectivity index (χ3v) is 5.69. The topological polar surface area (TPSA) is 91.4 Å². The zero-order chi connectivity index (χ0) is 18.2. The molecule has 25 heavy (non-hydrogen) atoms. The van der Waals surface area contributed by atoms with Gasteiger partial charge in [-0.1, -0.05) is 17.7 Å². The lowest BCUT2D eigenvalue weighted by atomic mass is 10.1. The number of hydrogen-bond acceptors (Lipinski definition) is 4. The highest BCUT2D eigenvalue weighted by atomic mass is 32.2. The van der Waals surface area contributed by atoms with Gasteiger partial charge in [-0.3, -0.25) is 4.79 Å². The summed E-state index contributed by atoms with van der Waals surface area (Å²) in [6.07, 6.45) is 1.39. The Kier molecular flexibility index (Phi) is 4.26. The van der Waals surface area contributed by atoms with E-state index in [0.717, 1.165) is 5.56 Å². The minimum Gasteiger partial charge on any atom is -0.497 e. The highest BCUT2D eigenvalue weighted by Crippen LogP contribution is 2.29. The zero-order valence-corrected chi connectivity index (χ0v) is 14.7. The van der Waals surface area contributed by atoms with Gasteiger partial charge in [0.25, 0.3) is 10.0 Å². The summed E-state index contributed by atoms with van der Waals surface area (Å²) in [4.78, 5) is 11.5. The number of aromatic nitrogens is 1. The van der Waals surface area contributed by atoms with E-state index < -0.39 is 15.9 Å². The van der Waals surface area contributed by atoms with Gasteiger partial charge in [-0.25, -0.2) is 12.4 Å². The smallest absolute Gasteiger partial charge is 0.268 e. The van der Waals surface area contributed by atoms with Gasteiger partial charge in [0.2, 0.25) is 5.91 Å². The van der Waals surface area contributed by atoms with Crippen LogP contribution in [0.4, 0.5) is 0 Å². The van der Waals surface area contributed by atoms with E-state index >= 15 is 0 Å². The fourth-order valence-electron chi connectivity index (χ4n) is 2.72. The number of ether oxygens (including phenoxy) is 1. The molecule has 0 atom stereocenters. The maximum atomic E-state index is 13.0. The van der Waals surface area contributed by atoms with Gasteiger partial charge in [0.05, 0.1) is 23.9 Å². The van der Waals surface area contributed by atoms with Crippen molar-refractivity contribution in [3.8, 4) is 5.75 Å². The SMILES string of the molecule is COc1ccc2c(c1)c(CC(N)=O)cn2S(=O)(=O)c1ccc(C)cc1. The Labute approximate surface area is 145 Å². The molecule has 7 heteroatoms. The zero-order valence-electron chi connectivity index (χ0n) is 13.9. The molecule has 130 valence electrons. The Morgan fingerprint density at radius 3 is 2.44 bits per heavy atom. The molecule has 1 aromatic heterocycles. The van der Waals surface area contributed by atoms with Crippen molar-refractivity contribution in [1.82, 2.24) is 3.97 Å². The molecule has 0 saturated heterocycles. The number of aryl methyl sites for hydroxylation is 1. The van der Waals surface area contributed by atoms with Crippen molar-refractivity contribution in [2.24, 2.45) is 5.73 Å². The predicted octanol–water partition coefficient (Wildman–Crippen LogP) is 2.22. The third-order valence-electron chi connectivity index (χ3n) is 4.00. The minimum atomic E-state index is -3.79. The molecular formula is C18H18N2O4S. The molecule has 3 aromatic rings. The standard InChI is InChI=1S/C18H18N2O4S/c1-12-3-6-15(7-4-12)25(22,23)20-11-13(9-18(19)21)16-10-14(24-2)5-8-17(16)20/h3-8,10-11H,9H2,1-2H3,(H2,19,21). The Bertz CT molecular complexity index is 1050. The van der Waals surface area contributed by atoms with Crippen LogP contribution in [0.1, 0.15) is 11.1 Å². The molecule has 2 aromatic carbocycles. The summed E-state index contributed by atoms with van der Waals surface area (Å²) in [6, 6.07) is 11.6. The molecule has 1 amide bonds. The fourth-order valence-corrected chi connectivity index (χ4v) is 4.11. The highest BCUT2D eigenvalue weighted by Gasteiger charge is 2.22. The maximum Gasteiger partial charge on any atom is 0.268 e. The van der Waals surface area contributed by atoms with Crippen LogP contribution in [0.3, 0.4) is 0 Å². The van der Waals surface area contributed by atoms with Crippen LogP contribution in [-0.2, 0) is 21.2 Å². The molecule has 6 nitrogen and oxygen atoms in total. The van der Waals surface area contributed by atoms with Gasteiger partial charge >= 0.3 is 0 Å². The molecule has 0 spiro atoms. The van der Waals surface area contributed by atoms with Crippen LogP contribution in [0.2, 0.25) is 0 Å². The number of rotatable bonds is 5. The van der Waals surface area contributed by atoms with Gasteiger partial charge in [-0.15, -0.1) is 0 Å². The first-order valence-corrected chi connectivity index (χ1v) is 9.05.